The predicted molar refractivity (Wildman–Crippen MR) is 168 cm³/mol. The first-order valence-electron chi connectivity index (χ1n) is 15.8. The summed E-state index contributed by atoms with van der Waals surface area (Å²) in [5.74, 6) is -2.28. The Bertz CT molecular complexity index is 2000. The Labute approximate surface area is 286 Å². The molecule has 7 rings (SSSR count). The van der Waals surface area contributed by atoms with Crippen molar-refractivity contribution < 1.29 is 40.3 Å². The number of carbonyl (C=O) groups excluding carboxylic acids is 2. The van der Waals surface area contributed by atoms with Crippen LogP contribution in [0.3, 0.4) is 0 Å². The highest BCUT2D eigenvalue weighted by atomic mass is 19.3. The standard InChI is InChI=1S/C18H16F3N3O2.C17H13F3N4O/c19-13-3-1-2-12(6-13)18(4-5-18)7-15-22-8-11(9-23-15)14(25)10-24-17(26)16(20)21;18-12-3-1-2-11(6-12)17(4-5-17)7-13-21-8-10(9-22-13)15-23-24-16(25-15)14(19)20/h1-3,6,8-9,16H,4-5,7,10H2,(H,24,26);1-3,6,8-9,14H,4-5,7H2. The molecule has 2 saturated carbocycles. The Morgan fingerprint density at radius 2 is 1.25 bits per heavy atom. The highest BCUT2D eigenvalue weighted by Crippen LogP contribution is 2.51. The monoisotopic (exact) mass is 709 g/mol. The summed E-state index contributed by atoms with van der Waals surface area (Å²) in [6.07, 6.45) is 4.37. The van der Waals surface area contributed by atoms with Gasteiger partial charge in [-0.2, -0.15) is 17.6 Å². The number of nitrogens with zero attached hydrogens (tertiary/aromatic N) is 6. The first kappa shape index (κ1) is 35.3. The van der Waals surface area contributed by atoms with Crippen molar-refractivity contribution in [3.63, 3.8) is 0 Å². The number of amides is 1. The molecule has 5 aromatic rings. The summed E-state index contributed by atoms with van der Waals surface area (Å²) in [7, 11) is 0. The lowest BCUT2D eigenvalue weighted by atomic mass is 9.92. The molecule has 51 heavy (non-hydrogen) atoms. The Kier molecular flexibility index (Phi) is 10.2. The molecule has 2 aliphatic rings. The van der Waals surface area contributed by atoms with Gasteiger partial charge in [0.25, 0.3) is 17.7 Å². The van der Waals surface area contributed by atoms with E-state index in [1.54, 1.807) is 18.2 Å². The molecular weight excluding hydrogens is 680 g/mol. The van der Waals surface area contributed by atoms with Crippen molar-refractivity contribution in [2.24, 2.45) is 0 Å². The molecule has 3 heterocycles. The fourth-order valence-corrected chi connectivity index (χ4v) is 5.61. The zero-order valence-corrected chi connectivity index (χ0v) is 26.7. The molecule has 2 aromatic carbocycles. The van der Waals surface area contributed by atoms with Crippen LogP contribution in [0, 0.1) is 11.6 Å². The number of benzene rings is 2. The molecule has 0 radical (unpaired) electrons. The maximum atomic E-state index is 13.5. The van der Waals surface area contributed by atoms with Crippen molar-refractivity contribution in [3.8, 4) is 11.5 Å². The zero-order valence-electron chi connectivity index (χ0n) is 26.7. The van der Waals surface area contributed by atoms with E-state index < -0.39 is 37.0 Å². The zero-order chi connectivity index (χ0) is 36.2. The summed E-state index contributed by atoms with van der Waals surface area (Å²) in [5.41, 5.74) is 2.03. The molecule has 10 nitrogen and oxygen atoms in total. The molecule has 0 atom stereocenters. The third kappa shape index (κ3) is 8.61. The number of alkyl halides is 4. The fraction of sp³-hybridized carbons (Fsp3) is 0.314. The van der Waals surface area contributed by atoms with Gasteiger partial charge < -0.3 is 9.73 Å². The second-order valence-corrected chi connectivity index (χ2v) is 12.4. The maximum absolute atomic E-state index is 13.5. The van der Waals surface area contributed by atoms with Crippen LogP contribution >= 0.6 is 0 Å². The average molecular weight is 710 g/mol. The number of hydrogen-bond donors (Lipinski definition) is 1. The smallest absolute Gasteiger partial charge is 0.315 e. The van der Waals surface area contributed by atoms with E-state index in [-0.39, 0.29) is 33.9 Å². The molecule has 0 aliphatic heterocycles. The molecule has 1 N–H and O–H groups in total. The number of rotatable bonds is 12. The van der Waals surface area contributed by atoms with Gasteiger partial charge in [0.05, 0.1) is 17.7 Å². The van der Waals surface area contributed by atoms with Crippen molar-refractivity contribution in [1.82, 2.24) is 35.5 Å². The molecule has 0 unspecified atom stereocenters. The normalized spacial score (nSPS) is 15.2. The lowest BCUT2D eigenvalue weighted by molar-refractivity contribution is -0.131. The van der Waals surface area contributed by atoms with Crippen LogP contribution in [0.25, 0.3) is 11.5 Å². The number of nitrogens with one attached hydrogen (secondary N) is 1. The third-order valence-corrected chi connectivity index (χ3v) is 8.80. The van der Waals surface area contributed by atoms with Crippen molar-refractivity contribution in [3.05, 3.63) is 119 Å². The minimum atomic E-state index is -3.17. The van der Waals surface area contributed by atoms with Gasteiger partial charge in [-0.1, -0.05) is 24.3 Å². The molecule has 2 fully saturated rings. The van der Waals surface area contributed by atoms with E-state index in [1.165, 1.54) is 43.0 Å². The third-order valence-electron chi connectivity index (χ3n) is 8.80. The van der Waals surface area contributed by atoms with Gasteiger partial charge in [-0.3, -0.25) is 9.59 Å². The summed E-state index contributed by atoms with van der Waals surface area (Å²) in [6, 6.07) is 13.0. The van der Waals surface area contributed by atoms with Gasteiger partial charge in [0, 0.05) is 48.5 Å². The van der Waals surface area contributed by atoms with E-state index in [0.29, 0.717) is 30.1 Å². The van der Waals surface area contributed by atoms with Gasteiger partial charge >= 0.3 is 12.9 Å². The van der Waals surface area contributed by atoms with E-state index in [2.05, 4.69) is 30.1 Å². The Balaban J connectivity index is 0.000000176. The fourth-order valence-electron chi connectivity index (χ4n) is 5.61. The van der Waals surface area contributed by atoms with Gasteiger partial charge in [-0.25, -0.2) is 28.7 Å². The molecule has 3 aromatic heterocycles. The minimum Gasteiger partial charge on any atom is -0.415 e. The van der Waals surface area contributed by atoms with Crippen molar-refractivity contribution >= 4 is 11.7 Å². The van der Waals surface area contributed by atoms with Crippen LogP contribution in [0.15, 0.2) is 77.7 Å². The lowest BCUT2D eigenvalue weighted by Crippen LogP contribution is -2.34. The van der Waals surface area contributed by atoms with Crippen LogP contribution in [-0.4, -0.2) is 54.8 Å². The van der Waals surface area contributed by atoms with Crippen molar-refractivity contribution in [1.29, 1.82) is 0 Å². The van der Waals surface area contributed by atoms with Gasteiger partial charge in [-0.05, 0) is 61.1 Å². The van der Waals surface area contributed by atoms with Crippen LogP contribution in [0.2, 0.25) is 0 Å². The van der Waals surface area contributed by atoms with Crippen LogP contribution < -0.4 is 5.32 Å². The Morgan fingerprint density at radius 1 is 0.745 bits per heavy atom. The molecule has 0 spiro atoms. The molecule has 0 bridgehead atoms. The highest BCUT2D eigenvalue weighted by molar-refractivity contribution is 5.99. The molecule has 0 saturated heterocycles. The van der Waals surface area contributed by atoms with E-state index in [9.17, 15) is 35.9 Å². The Morgan fingerprint density at radius 3 is 1.69 bits per heavy atom. The molecule has 2 aliphatic carbocycles. The number of Topliss-reactive ketones (excluding diaryl/α,β-unsaturated/α-hetero) is 1. The molecule has 1 amide bonds. The van der Waals surface area contributed by atoms with Crippen LogP contribution in [0.1, 0.15) is 71.1 Å². The highest BCUT2D eigenvalue weighted by Gasteiger charge is 2.46. The second-order valence-electron chi connectivity index (χ2n) is 12.4. The SMILES string of the molecule is Fc1cccc(C2(Cc3ncc(-c4nnc(C(F)F)o4)cn3)CC2)c1.O=C(CNC(=O)C(F)F)c1cnc(CC2(c3cccc(F)c3)CC2)nc1. The Hall–Kier alpha value is -5.54. The van der Waals surface area contributed by atoms with Gasteiger partial charge in [0.1, 0.15) is 23.3 Å². The molecule has 264 valence electrons. The van der Waals surface area contributed by atoms with Gasteiger partial charge in [0.2, 0.25) is 0 Å². The van der Waals surface area contributed by atoms with Crippen LogP contribution in [0.5, 0.6) is 0 Å². The van der Waals surface area contributed by atoms with Crippen LogP contribution in [-0.2, 0) is 28.5 Å². The number of hydrogen-bond acceptors (Lipinski definition) is 9. The first-order chi connectivity index (χ1) is 24.4. The number of aromatic nitrogens is 6. The molecule has 16 heteroatoms. The quantitative estimate of drug-likeness (QED) is 0.116. The summed E-state index contributed by atoms with van der Waals surface area (Å²) >= 11 is 0. The average Bonchev–Trinajstić information content (AvgIpc) is 4.04. The van der Waals surface area contributed by atoms with Gasteiger partial charge in [0.15, 0.2) is 5.78 Å². The van der Waals surface area contributed by atoms with Crippen molar-refractivity contribution in [2.45, 2.75) is 62.2 Å². The molecular formula is C35H29F6N7O3. The van der Waals surface area contributed by atoms with E-state index in [4.69, 9.17) is 4.42 Å². The number of ketones is 1. The number of carbonyl (C=O) groups is 2. The second kappa shape index (κ2) is 14.7. The van der Waals surface area contributed by atoms with Crippen molar-refractivity contribution in [2.75, 3.05) is 6.54 Å². The topological polar surface area (TPSA) is 137 Å². The van der Waals surface area contributed by atoms with Crippen LogP contribution in [0.4, 0.5) is 26.3 Å². The minimum absolute atomic E-state index is 0.0480. The van der Waals surface area contributed by atoms with E-state index in [1.807, 2.05) is 17.4 Å². The first-order valence-corrected chi connectivity index (χ1v) is 15.8. The van der Waals surface area contributed by atoms with Gasteiger partial charge in [-0.15, -0.1) is 10.2 Å². The summed E-state index contributed by atoms with van der Waals surface area (Å²) < 4.78 is 80.9. The maximum Gasteiger partial charge on any atom is 0.315 e. The predicted octanol–water partition coefficient (Wildman–Crippen LogP) is 6.33. The summed E-state index contributed by atoms with van der Waals surface area (Å²) in [4.78, 5) is 39.5. The lowest BCUT2D eigenvalue weighted by Gasteiger charge is -2.15. The largest absolute Gasteiger partial charge is 0.415 e. The number of halogens is 6. The summed E-state index contributed by atoms with van der Waals surface area (Å²) in [5, 5.41) is 8.68. The van der Waals surface area contributed by atoms with E-state index in [0.717, 1.165) is 36.8 Å². The summed E-state index contributed by atoms with van der Waals surface area (Å²) in [6.45, 7) is -0.543. The van der Waals surface area contributed by atoms with E-state index >= 15 is 0 Å².